The zero-order valence-corrected chi connectivity index (χ0v) is 27.3. The number of H-pyrrole nitrogens is 1. The highest BCUT2D eigenvalue weighted by Gasteiger charge is 2.45. The number of amides is 1. The van der Waals surface area contributed by atoms with Crippen LogP contribution in [-0.2, 0) is 9.47 Å². The van der Waals surface area contributed by atoms with E-state index < -0.39 is 37.3 Å². The van der Waals surface area contributed by atoms with E-state index in [0.29, 0.717) is 35.7 Å². The van der Waals surface area contributed by atoms with Crippen molar-refractivity contribution in [3.63, 3.8) is 0 Å². The summed E-state index contributed by atoms with van der Waals surface area (Å²) in [5.74, 6) is 0.575. The standard InChI is InChI=1S/C35H40ClN3O9/c1-19(36)24-17-39(34(44)26-15-20-14-21(6-7-25(20)37-26)46-13-10-38-8-11-45-12-9-38)27-16-28(22-4-2-3-5-23(22)30(24)27)47-35-33(43)32(42)31(41)29(18-40)48-35/h2-7,14-16,19,24,29,31-33,35,37,40-43H,8-13,17-18H2,1H3/t19-,24+,29?,31+,32?,33?,35-/m1/s1. The zero-order valence-electron chi connectivity index (χ0n) is 26.5. The van der Waals surface area contributed by atoms with Gasteiger partial charge < -0.3 is 49.3 Å². The van der Waals surface area contributed by atoms with E-state index in [-0.39, 0.29) is 17.2 Å². The van der Waals surface area contributed by atoms with Crippen LogP contribution in [0.2, 0.25) is 0 Å². The zero-order chi connectivity index (χ0) is 33.5. The number of alkyl halides is 1. The van der Waals surface area contributed by atoms with Gasteiger partial charge in [-0.3, -0.25) is 9.69 Å². The summed E-state index contributed by atoms with van der Waals surface area (Å²) in [5, 5.41) is 43.1. The highest BCUT2D eigenvalue weighted by atomic mass is 35.5. The van der Waals surface area contributed by atoms with E-state index in [1.165, 1.54) is 0 Å². The lowest BCUT2D eigenvalue weighted by Gasteiger charge is -2.39. The van der Waals surface area contributed by atoms with Crippen LogP contribution >= 0.6 is 11.6 Å². The lowest BCUT2D eigenvalue weighted by atomic mass is 9.92. The summed E-state index contributed by atoms with van der Waals surface area (Å²) in [5.41, 5.74) is 2.69. The van der Waals surface area contributed by atoms with Crippen molar-refractivity contribution in [2.24, 2.45) is 0 Å². The SMILES string of the molecule is C[C@@H](Cl)[C@@H]1CN(C(=O)c2cc3cc(OCCN4CCOCC4)ccc3[nH]2)c2cc(O[C@@H]3OC(CO)[C@H](O)C(O)C3O)c3ccccc3c21. The first-order chi connectivity index (χ1) is 23.2. The Bertz CT molecular complexity index is 1780. The van der Waals surface area contributed by atoms with Gasteiger partial charge in [0.25, 0.3) is 5.91 Å². The number of aliphatic hydroxyl groups is 4. The van der Waals surface area contributed by atoms with Gasteiger partial charge in [0.15, 0.2) is 0 Å². The number of aromatic nitrogens is 1. The molecule has 7 atom stereocenters. The Morgan fingerprint density at radius 2 is 1.81 bits per heavy atom. The van der Waals surface area contributed by atoms with Gasteiger partial charge >= 0.3 is 0 Å². The minimum absolute atomic E-state index is 0.187. The molecular weight excluding hydrogens is 642 g/mol. The van der Waals surface area contributed by atoms with Crippen molar-refractivity contribution >= 4 is 44.9 Å². The van der Waals surface area contributed by atoms with E-state index in [2.05, 4.69) is 9.88 Å². The van der Waals surface area contributed by atoms with Crippen molar-refractivity contribution in [3.8, 4) is 11.5 Å². The number of halogens is 1. The van der Waals surface area contributed by atoms with Crippen LogP contribution in [0, 0.1) is 0 Å². The number of aromatic amines is 1. The lowest BCUT2D eigenvalue weighted by Crippen LogP contribution is -2.60. The predicted molar refractivity (Wildman–Crippen MR) is 179 cm³/mol. The van der Waals surface area contributed by atoms with Gasteiger partial charge in [-0.15, -0.1) is 11.6 Å². The maximum absolute atomic E-state index is 14.2. The fraction of sp³-hybridized carbons (Fsp3) is 0.457. The van der Waals surface area contributed by atoms with Crippen LogP contribution in [-0.4, -0.2) is 125 Å². The molecule has 0 bridgehead atoms. The molecule has 0 spiro atoms. The summed E-state index contributed by atoms with van der Waals surface area (Å²) in [4.78, 5) is 21.5. The summed E-state index contributed by atoms with van der Waals surface area (Å²) in [6.45, 7) is 6.27. The molecule has 1 aromatic heterocycles. The second kappa shape index (κ2) is 13.8. The molecule has 256 valence electrons. The lowest BCUT2D eigenvalue weighted by molar-refractivity contribution is -0.277. The number of anilines is 1. The summed E-state index contributed by atoms with van der Waals surface area (Å²) >= 11 is 6.75. The van der Waals surface area contributed by atoms with Gasteiger partial charge in [-0.2, -0.15) is 0 Å². The van der Waals surface area contributed by atoms with Crippen LogP contribution in [0.1, 0.15) is 28.9 Å². The largest absolute Gasteiger partial charge is 0.492 e. The monoisotopic (exact) mass is 681 g/mol. The van der Waals surface area contributed by atoms with E-state index in [1.54, 1.807) is 11.0 Å². The number of carbonyl (C=O) groups is 1. The molecule has 13 heteroatoms. The Kier molecular flexibility index (Phi) is 9.51. The molecule has 5 N–H and O–H groups in total. The molecule has 1 amide bonds. The summed E-state index contributed by atoms with van der Waals surface area (Å²) in [6.07, 6.45) is -7.24. The number of rotatable bonds is 9. The van der Waals surface area contributed by atoms with Crippen molar-refractivity contribution in [2.75, 3.05) is 57.5 Å². The average Bonchev–Trinajstić information content (AvgIpc) is 3.71. The highest BCUT2D eigenvalue weighted by molar-refractivity contribution is 6.22. The Labute approximate surface area is 282 Å². The minimum atomic E-state index is -1.60. The Balaban J connectivity index is 1.18. The van der Waals surface area contributed by atoms with Crippen LogP contribution in [0.5, 0.6) is 11.5 Å². The second-order valence-corrected chi connectivity index (χ2v) is 13.3. The van der Waals surface area contributed by atoms with Gasteiger partial charge in [0, 0.05) is 59.8 Å². The predicted octanol–water partition coefficient (Wildman–Crippen LogP) is 2.58. The maximum Gasteiger partial charge on any atom is 0.274 e. The Morgan fingerprint density at radius 3 is 2.56 bits per heavy atom. The van der Waals surface area contributed by atoms with Gasteiger partial charge in [0.2, 0.25) is 6.29 Å². The van der Waals surface area contributed by atoms with E-state index in [4.69, 9.17) is 30.5 Å². The van der Waals surface area contributed by atoms with Gasteiger partial charge in [-0.1, -0.05) is 24.3 Å². The van der Waals surface area contributed by atoms with Gasteiger partial charge in [0.1, 0.15) is 48.2 Å². The van der Waals surface area contributed by atoms with Crippen molar-refractivity contribution < 1.29 is 44.2 Å². The van der Waals surface area contributed by atoms with Crippen molar-refractivity contribution in [3.05, 3.63) is 65.9 Å². The number of fused-ring (bicyclic) bond motifs is 4. The second-order valence-electron chi connectivity index (χ2n) is 12.6. The molecule has 3 aliphatic rings. The molecule has 0 aliphatic carbocycles. The molecule has 2 saturated heterocycles. The maximum atomic E-state index is 14.2. The van der Waals surface area contributed by atoms with Gasteiger partial charge in [-0.25, -0.2) is 0 Å². The first-order valence-electron chi connectivity index (χ1n) is 16.3. The fourth-order valence-electron chi connectivity index (χ4n) is 6.88. The molecule has 7 rings (SSSR count). The molecule has 4 heterocycles. The quantitative estimate of drug-likeness (QED) is 0.166. The Hall–Kier alpha value is -3.46. The first-order valence-corrected chi connectivity index (χ1v) is 16.7. The number of nitrogens with one attached hydrogen (secondary N) is 1. The van der Waals surface area contributed by atoms with E-state index in [9.17, 15) is 25.2 Å². The molecule has 0 radical (unpaired) electrons. The molecule has 12 nitrogen and oxygen atoms in total. The van der Waals surface area contributed by atoms with E-state index >= 15 is 0 Å². The summed E-state index contributed by atoms with van der Waals surface area (Å²) in [6, 6.07) is 16.8. The van der Waals surface area contributed by atoms with Crippen LogP contribution in [0.25, 0.3) is 21.7 Å². The van der Waals surface area contributed by atoms with Crippen molar-refractivity contribution in [1.82, 2.24) is 9.88 Å². The smallest absolute Gasteiger partial charge is 0.274 e. The number of morpholine rings is 1. The third kappa shape index (κ3) is 6.23. The summed E-state index contributed by atoms with van der Waals surface area (Å²) < 4.78 is 23.3. The number of aliphatic hydroxyl groups excluding tert-OH is 4. The topological polar surface area (TPSA) is 157 Å². The Morgan fingerprint density at radius 1 is 1.04 bits per heavy atom. The molecule has 3 aromatic carbocycles. The average molecular weight is 682 g/mol. The number of hydrogen-bond donors (Lipinski definition) is 5. The summed E-state index contributed by atoms with van der Waals surface area (Å²) in [7, 11) is 0. The molecule has 4 aromatic rings. The van der Waals surface area contributed by atoms with Crippen LogP contribution < -0.4 is 14.4 Å². The first kappa shape index (κ1) is 33.1. The molecule has 48 heavy (non-hydrogen) atoms. The number of carbonyl (C=O) groups excluding carboxylic acids is 1. The minimum Gasteiger partial charge on any atom is -0.492 e. The van der Waals surface area contributed by atoms with Crippen LogP contribution in [0.3, 0.4) is 0 Å². The number of benzene rings is 3. The van der Waals surface area contributed by atoms with Crippen LogP contribution in [0.4, 0.5) is 5.69 Å². The molecule has 3 aliphatic heterocycles. The van der Waals surface area contributed by atoms with Crippen molar-refractivity contribution in [1.29, 1.82) is 0 Å². The number of hydrogen-bond acceptors (Lipinski definition) is 10. The third-order valence-electron chi connectivity index (χ3n) is 9.56. The van der Waals surface area contributed by atoms with E-state index in [0.717, 1.165) is 60.5 Å². The van der Waals surface area contributed by atoms with Gasteiger partial charge in [-0.05, 0) is 42.1 Å². The molecular formula is C35H40ClN3O9. The normalized spacial score (nSPS) is 26.9. The van der Waals surface area contributed by atoms with E-state index in [1.807, 2.05) is 55.5 Å². The fourth-order valence-corrected chi connectivity index (χ4v) is 7.09. The van der Waals surface area contributed by atoms with Crippen molar-refractivity contribution in [2.45, 2.75) is 48.9 Å². The molecule has 0 saturated carbocycles. The number of nitrogens with zero attached hydrogens (tertiary/aromatic N) is 2. The molecule has 3 unspecified atom stereocenters. The highest BCUT2D eigenvalue weighted by Crippen LogP contribution is 2.48. The number of ether oxygens (including phenoxy) is 4. The third-order valence-corrected chi connectivity index (χ3v) is 9.87. The van der Waals surface area contributed by atoms with Crippen LogP contribution in [0.15, 0.2) is 54.6 Å². The molecule has 2 fully saturated rings. The van der Waals surface area contributed by atoms with Gasteiger partial charge in [0.05, 0.1) is 25.5 Å².